The van der Waals surface area contributed by atoms with E-state index in [0.717, 1.165) is 0 Å². The summed E-state index contributed by atoms with van der Waals surface area (Å²) in [6, 6.07) is 0. The van der Waals surface area contributed by atoms with Crippen molar-refractivity contribution >= 4 is 0 Å². The van der Waals surface area contributed by atoms with Gasteiger partial charge in [0.05, 0.1) is 6.61 Å². The Kier molecular flexibility index (Phi) is 2.59. The van der Waals surface area contributed by atoms with Crippen molar-refractivity contribution in [3.63, 3.8) is 0 Å². The van der Waals surface area contributed by atoms with E-state index in [4.69, 9.17) is 23.7 Å². The van der Waals surface area contributed by atoms with Crippen LogP contribution in [0.4, 0.5) is 0 Å². The highest BCUT2D eigenvalue weighted by Crippen LogP contribution is 2.43. The zero-order valence-electron chi connectivity index (χ0n) is 11.1. The molecule has 0 aromatic carbocycles. The van der Waals surface area contributed by atoms with Crippen molar-refractivity contribution in [1.29, 1.82) is 0 Å². The van der Waals surface area contributed by atoms with Gasteiger partial charge >= 0.3 is 0 Å². The van der Waals surface area contributed by atoms with E-state index in [9.17, 15) is 5.11 Å². The Bertz CT molecular complexity index is 352. The summed E-state index contributed by atoms with van der Waals surface area (Å²) in [5, 5.41) is 10.5. The van der Waals surface area contributed by atoms with E-state index in [0.29, 0.717) is 6.61 Å². The molecule has 0 aromatic heterocycles. The van der Waals surface area contributed by atoms with E-state index in [1.165, 1.54) is 0 Å². The van der Waals surface area contributed by atoms with E-state index in [-0.39, 0.29) is 12.7 Å². The first-order chi connectivity index (χ1) is 8.23. The van der Waals surface area contributed by atoms with E-state index < -0.39 is 29.6 Å². The van der Waals surface area contributed by atoms with Crippen LogP contribution in [0.3, 0.4) is 0 Å². The first kappa shape index (κ1) is 12.8. The summed E-state index contributed by atoms with van der Waals surface area (Å²) in [7, 11) is 0. The molecule has 1 N–H and O–H groups in total. The van der Waals surface area contributed by atoms with Crippen LogP contribution < -0.4 is 0 Å². The molecule has 3 aliphatic rings. The number of aliphatic hydroxyl groups is 1. The Morgan fingerprint density at radius 3 is 2.33 bits per heavy atom. The van der Waals surface area contributed by atoms with Crippen LogP contribution >= 0.6 is 0 Å². The number of hydrogen-bond donors (Lipinski definition) is 1. The van der Waals surface area contributed by atoms with Gasteiger partial charge in [-0.15, -0.1) is 0 Å². The molecule has 6 nitrogen and oxygen atoms in total. The van der Waals surface area contributed by atoms with Gasteiger partial charge in [-0.05, 0) is 27.7 Å². The largest absolute Gasteiger partial charge is 0.385 e. The normalized spacial score (nSPS) is 49.5. The van der Waals surface area contributed by atoms with Crippen LogP contribution in [0.15, 0.2) is 0 Å². The molecule has 3 rings (SSSR count). The summed E-state index contributed by atoms with van der Waals surface area (Å²) < 4.78 is 28.3. The van der Waals surface area contributed by atoms with Gasteiger partial charge in [0.1, 0.15) is 24.9 Å². The van der Waals surface area contributed by atoms with Gasteiger partial charge in [-0.1, -0.05) is 0 Å². The smallest absolute Gasteiger partial charge is 0.224 e. The average molecular weight is 260 g/mol. The predicted octanol–water partition coefficient (Wildman–Crippen LogP) is 0.377. The molecule has 0 bridgehead atoms. The Morgan fingerprint density at radius 2 is 1.72 bits per heavy atom. The molecule has 3 fully saturated rings. The van der Waals surface area contributed by atoms with Crippen molar-refractivity contribution in [3.8, 4) is 0 Å². The molecule has 3 aliphatic heterocycles. The number of rotatable bonds is 0. The van der Waals surface area contributed by atoms with Gasteiger partial charge in [-0.2, -0.15) is 0 Å². The summed E-state index contributed by atoms with van der Waals surface area (Å²) in [6.45, 7) is 7.74. The summed E-state index contributed by atoms with van der Waals surface area (Å²) in [6.07, 6.45) is -1.65. The number of hydrogen-bond acceptors (Lipinski definition) is 6. The molecule has 0 aromatic rings. The van der Waals surface area contributed by atoms with Gasteiger partial charge in [0.2, 0.25) is 5.79 Å². The average Bonchev–Trinajstić information content (AvgIpc) is 2.71. The molecule has 6 heteroatoms. The van der Waals surface area contributed by atoms with Gasteiger partial charge in [-0.3, -0.25) is 0 Å². The van der Waals surface area contributed by atoms with Crippen molar-refractivity contribution in [2.75, 3.05) is 13.2 Å². The Labute approximate surface area is 106 Å². The highest BCUT2D eigenvalue weighted by atomic mass is 16.9. The molecular weight excluding hydrogens is 240 g/mol. The first-order valence-electron chi connectivity index (χ1n) is 6.25. The summed E-state index contributed by atoms with van der Waals surface area (Å²) in [4.78, 5) is 0. The van der Waals surface area contributed by atoms with Gasteiger partial charge in [0, 0.05) is 0 Å². The van der Waals surface area contributed by atoms with Crippen LogP contribution in [0, 0.1) is 0 Å². The number of aliphatic hydroxyl groups excluding tert-OH is 1. The summed E-state index contributed by atoms with van der Waals surface area (Å²) in [5.74, 6) is -2.61. The minimum atomic E-state index is -1.14. The fourth-order valence-corrected chi connectivity index (χ4v) is 2.78. The second-order valence-electron chi connectivity index (χ2n) is 6.00. The van der Waals surface area contributed by atoms with Crippen molar-refractivity contribution in [3.05, 3.63) is 0 Å². The van der Waals surface area contributed by atoms with Crippen LogP contribution in [0.5, 0.6) is 0 Å². The maximum absolute atomic E-state index is 10.5. The third-order valence-corrected chi connectivity index (χ3v) is 3.51. The highest BCUT2D eigenvalue weighted by Gasteiger charge is 2.62. The molecule has 4 atom stereocenters. The zero-order chi connectivity index (χ0) is 13.2. The minimum absolute atomic E-state index is 0.189. The lowest BCUT2D eigenvalue weighted by atomic mass is 9.97. The molecule has 1 spiro atoms. The maximum atomic E-state index is 10.5. The maximum Gasteiger partial charge on any atom is 0.224 e. The van der Waals surface area contributed by atoms with E-state index in [1.54, 1.807) is 13.8 Å². The second kappa shape index (κ2) is 3.65. The molecule has 3 heterocycles. The predicted molar refractivity (Wildman–Crippen MR) is 59.6 cm³/mol. The summed E-state index contributed by atoms with van der Waals surface area (Å²) >= 11 is 0. The zero-order valence-corrected chi connectivity index (χ0v) is 11.1. The molecule has 104 valence electrons. The lowest BCUT2D eigenvalue weighted by Gasteiger charge is -2.41. The van der Waals surface area contributed by atoms with Gasteiger partial charge in [-0.25, -0.2) is 0 Å². The molecule has 0 radical (unpaired) electrons. The van der Waals surface area contributed by atoms with E-state index >= 15 is 0 Å². The molecular formula is C12H20O6. The topological polar surface area (TPSA) is 66.4 Å². The van der Waals surface area contributed by atoms with Gasteiger partial charge in [0.25, 0.3) is 0 Å². The Hall–Kier alpha value is -0.240. The first-order valence-corrected chi connectivity index (χ1v) is 6.25. The fourth-order valence-electron chi connectivity index (χ4n) is 2.78. The number of ether oxygens (including phenoxy) is 5. The lowest BCUT2D eigenvalue weighted by Crippen LogP contribution is -2.61. The molecule has 0 saturated carbocycles. The minimum Gasteiger partial charge on any atom is -0.385 e. The van der Waals surface area contributed by atoms with Gasteiger partial charge < -0.3 is 28.8 Å². The van der Waals surface area contributed by atoms with Crippen molar-refractivity contribution in [2.24, 2.45) is 0 Å². The molecule has 0 unspecified atom stereocenters. The standard InChI is InChI=1S/C12H20O6/c1-10(2)15-6-12(18-10)9(13)8-7(5-14-12)16-11(3,4)17-8/h7-9,13H,5-6H2,1-4H3/t7-,8+,9+,12-/m1/s1. The van der Waals surface area contributed by atoms with Crippen molar-refractivity contribution in [1.82, 2.24) is 0 Å². The SMILES string of the molecule is CC1(C)O[C@H]2[C@@H](CO[C@@]3(COC(C)(C)O3)[C@H]2O)O1. The van der Waals surface area contributed by atoms with Crippen LogP contribution in [0.2, 0.25) is 0 Å². The Morgan fingerprint density at radius 1 is 1.00 bits per heavy atom. The Balaban J connectivity index is 1.82. The number of fused-ring (bicyclic) bond motifs is 1. The van der Waals surface area contributed by atoms with Crippen LogP contribution in [0.25, 0.3) is 0 Å². The van der Waals surface area contributed by atoms with Crippen LogP contribution in [-0.2, 0) is 23.7 Å². The van der Waals surface area contributed by atoms with E-state index in [2.05, 4.69) is 0 Å². The molecule has 0 aliphatic carbocycles. The van der Waals surface area contributed by atoms with Crippen molar-refractivity contribution < 1.29 is 28.8 Å². The molecule has 0 amide bonds. The van der Waals surface area contributed by atoms with Crippen LogP contribution in [-0.4, -0.2) is 54.0 Å². The molecule has 3 saturated heterocycles. The fraction of sp³-hybridized carbons (Fsp3) is 1.00. The van der Waals surface area contributed by atoms with Crippen molar-refractivity contribution in [2.45, 2.75) is 63.4 Å². The highest BCUT2D eigenvalue weighted by molar-refractivity contribution is 5.00. The third-order valence-electron chi connectivity index (χ3n) is 3.51. The second-order valence-corrected chi connectivity index (χ2v) is 6.00. The van der Waals surface area contributed by atoms with Gasteiger partial charge in [0.15, 0.2) is 11.6 Å². The van der Waals surface area contributed by atoms with E-state index in [1.807, 2.05) is 13.8 Å². The monoisotopic (exact) mass is 260 g/mol. The van der Waals surface area contributed by atoms with Crippen LogP contribution in [0.1, 0.15) is 27.7 Å². The third kappa shape index (κ3) is 1.88. The quantitative estimate of drug-likeness (QED) is 0.679. The summed E-state index contributed by atoms with van der Waals surface area (Å²) in [5.41, 5.74) is 0. The lowest BCUT2D eigenvalue weighted by molar-refractivity contribution is -0.326. The molecule has 18 heavy (non-hydrogen) atoms.